The number of rotatable bonds is 5. The topological polar surface area (TPSA) is 89.8 Å². The van der Waals surface area contributed by atoms with Crippen molar-refractivity contribution < 1.29 is 4.79 Å². The van der Waals surface area contributed by atoms with Gasteiger partial charge in [0.05, 0.1) is 22.6 Å². The number of fused-ring (bicyclic) bond motifs is 1. The molecule has 2 aromatic heterocycles. The van der Waals surface area contributed by atoms with Crippen LogP contribution in [0.15, 0.2) is 58.7 Å². The summed E-state index contributed by atoms with van der Waals surface area (Å²) in [5.74, 6) is -0.200. The molecule has 0 spiro atoms. The van der Waals surface area contributed by atoms with Crippen LogP contribution in [-0.2, 0) is 11.3 Å². The number of hydrogen-bond donors (Lipinski definition) is 1. The molecule has 8 heteroatoms. The van der Waals surface area contributed by atoms with E-state index < -0.39 is 0 Å². The lowest BCUT2D eigenvalue weighted by molar-refractivity contribution is -0.116. The highest BCUT2D eigenvalue weighted by Gasteiger charge is 2.09. The van der Waals surface area contributed by atoms with Crippen molar-refractivity contribution in [2.45, 2.75) is 19.9 Å². The predicted octanol–water partition coefficient (Wildman–Crippen LogP) is 3.25. The second kappa shape index (κ2) is 7.69. The van der Waals surface area contributed by atoms with Crippen molar-refractivity contribution in [3.05, 3.63) is 69.3 Å². The molecule has 4 aromatic rings. The molecule has 2 heterocycles. The van der Waals surface area contributed by atoms with Gasteiger partial charge in [0.15, 0.2) is 0 Å². The van der Waals surface area contributed by atoms with Crippen LogP contribution in [0.2, 0.25) is 0 Å². The minimum Gasteiger partial charge on any atom is -0.326 e. The molecule has 0 radical (unpaired) electrons. The van der Waals surface area contributed by atoms with Crippen molar-refractivity contribution in [2.24, 2.45) is 0 Å². The summed E-state index contributed by atoms with van der Waals surface area (Å²) in [6.45, 7) is 2.12. The Morgan fingerprint density at radius 3 is 2.86 bits per heavy atom. The zero-order chi connectivity index (χ0) is 19.5. The van der Waals surface area contributed by atoms with Crippen LogP contribution in [-0.4, -0.2) is 25.9 Å². The molecule has 140 valence electrons. The molecule has 0 aliphatic carbocycles. The summed E-state index contributed by atoms with van der Waals surface area (Å²) < 4.78 is 1.22. The fraction of sp³-hybridized carbons (Fsp3) is 0.150. The van der Waals surface area contributed by atoms with Gasteiger partial charge in [-0.05, 0) is 31.2 Å². The van der Waals surface area contributed by atoms with E-state index in [9.17, 15) is 9.59 Å². The van der Waals surface area contributed by atoms with E-state index in [1.807, 2.05) is 36.6 Å². The number of thiazole rings is 1. The second-order valence-electron chi connectivity index (χ2n) is 6.27. The summed E-state index contributed by atoms with van der Waals surface area (Å²) in [5.41, 5.74) is 2.81. The number of anilines is 1. The van der Waals surface area contributed by atoms with Gasteiger partial charge in [0.25, 0.3) is 5.56 Å². The van der Waals surface area contributed by atoms with Gasteiger partial charge in [0.1, 0.15) is 5.52 Å². The average Bonchev–Trinajstić information content (AvgIpc) is 3.14. The minimum absolute atomic E-state index is 0.118. The van der Waals surface area contributed by atoms with E-state index in [-0.39, 0.29) is 24.4 Å². The molecular weight excluding hydrogens is 374 g/mol. The molecule has 7 nitrogen and oxygen atoms in total. The first-order valence-electron chi connectivity index (χ1n) is 8.75. The Bertz CT molecular complexity index is 1210. The quantitative estimate of drug-likeness (QED) is 0.564. The Kier molecular flexibility index (Phi) is 4.94. The molecule has 0 saturated carbocycles. The van der Waals surface area contributed by atoms with Gasteiger partial charge in [-0.1, -0.05) is 29.5 Å². The van der Waals surface area contributed by atoms with Gasteiger partial charge in [-0.3, -0.25) is 9.59 Å². The average molecular weight is 391 g/mol. The van der Waals surface area contributed by atoms with Gasteiger partial charge >= 0.3 is 0 Å². The van der Waals surface area contributed by atoms with Crippen LogP contribution in [0.3, 0.4) is 0 Å². The Hall–Kier alpha value is -3.39. The largest absolute Gasteiger partial charge is 0.326 e. The Morgan fingerprint density at radius 2 is 2.04 bits per heavy atom. The van der Waals surface area contributed by atoms with Crippen LogP contribution in [0.5, 0.6) is 0 Å². The number of nitrogens with zero attached hydrogens (tertiary/aromatic N) is 4. The Morgan fingerprint density at radius 1 is 1.18 bits per heavy atom. The molecule has 0 atom stereocenters. The minimum atomic E-state index is -0.251. The fourth-order valence-electron chi connectivity index (χ4n) is 2.85. The molecule has 28 heavy (non-hydrogen) atoms. The van der Waals surface area contributed by atoms with Crippen LogP contribution in [0.1, 0.15) is 11.4 Å². The van der Waals surface area contributed by atoms with Crippen LogP contribution in [0.25, 0.3) is 22.2 Å². The van der Waals surface area contributed by atoms with Crippen LogP contribution >= 0.6 is 11.3 Å². The summed E-state index contributed by atoms with van der Waals surface area (Å²) >= 11 is 1.58. The summed E-state index contributed by atoms with van der Waals surface area (Å²) in [4.78, 5) is 29.2. The molecule has 0 bridgehead atoms. The molecule has 4 rings (SSSR count). The third-order valence-corrected chi connectivity index (χ3v) is 5.01. The van der Waals surface area contributed by atoms with Crippen molar-refractivity contribution in [3.8, 4) is 11.3 Å². The number of aryl methyl sites for hydroxylation is 2. The lowest BCUT2D eigenvalue weighted by Gasteiger charge is -2.08. The van der Waals surface area contributed by atoms with Gasteiger partial charge < -0.3 is 5.32 Å². The maximum absolute atomic E-state index is 12.4. The fourth-order valence-corrected chi connectivity index (χ4v) is 3.48. The number of carbonyl (C=O) groups is 1. The number of carbonyl (C=O) groups excluding carboxylic acids is 1. The normalized spacial score (nSPS) is 10.9. The van der Waals surface area contributed by atoms with Crippen molar-refractivity contribution in [2.75, 3.05) is 5.32 Å². The Labute approximate surface area is 164 Å². The summed E-state index contributed by atoms with van der Waals surface area (Å²) in [6, 6.07) is 14.5. The van der Waals surface area contributed by atoms with E-state index in [4.69, 9.17) is 0 Å². The first-order chi connectivity index (χ1) is 13.6. The molecular formula is C20H17N5O2S. The zero-order valence-corrected chi connectivity index (χ0v) is 15.9. The molecule has 1 N–H and O–H groups in total. The van der Waals surface area contributed by atoms with Crippen LogP contribution < -0.4 is 10.9 Å². The summed E-state index contributed by atoms with van der Waals surface area (Å²) in [7, 11) is 0. The smallest absolute Gasteiger partial charge is 0.277 e. The first-order valence-corrected chi connectivity index (χ1v) is 9.63. The molecule has 0 aliphatic rings. The highest BCUT2D eigenvalue weighted by Crippen LogP contribution is 2.24. The number of amides is 1. The van der Waals surface area contributed by atoms with E-state index in [1.165, 1.54) is 4.68 Å². The van der Waals surface area contributed by atoms with Gasteiger partial charge in [0.2, 0.25) is 5.91 Å². The molecule has 0 fully saturated rings. The monoisotopic (exact) mass is 391 g/mol. The van der Waals surface area contributed by atoms with Crippen LogP contribution in [0, 0.1) is 6.92 Å². The molecule has 2 aromatic carbocycles. The van der Waals surface area contributed by atoms with E-state index in [1.54, 1.807) is 35.6 Å². The van der Waals surface area contributed by atoms with Crippen molar-refractivity contribution >= 4 is 33.8 Å². The molecule has 1 amide bonds. The third kappa shape index (κ3) is 3.81. The highest BCUT2D eigenvalue weighted by molar-refractivity contribution is 7.09. The Balaban J connectivity index is 1.44. The van der Waals surface area contributed by atoms with E-state index in [0.29, 0.717) is 16.6 Å². The molecule has 0 unspecified atom stereocenters. The number of hydrogen-bond acceptors (Lipinski definition) is 6. The predicted molar refractivity (Wildman–Crippen MR) is 109 cm³/mol. The zero-order valence-electron chi connectivity index (χ0n) is 15.1. The lowest BCUT2D eigenvalue weighted by Crippen LogP contribution is -2.26. The van der Waals surface area contributed by atoms with Crippen molar-refractivity contribution in [1.29, 1.82) is 0 Å². The summed E-state index contributed by atoms with van der Waals surface area (Å²) in [5, 5.41) is 14.3. The van der Waals surface area contributed by atoms with Gasteiger partial charge in [-0.15, -0.1) is 16.4 Å². The summed E-state index contributed by atoms with van der Waals surface area (Å²) in [6.07, 6.45) is 0.118. The number of nitrogens with one attached hydrogen (secondary N) is 1. The maximum Gasteiger partial charge on any atom is 0.277 e. The number of benzene rings is 2. The van der Waals surface area contributed by atoms with Gasteiger partial charge in [-0.2, -0.15) is 0 Å². The lowest BCUT2D eigenvalue weighted by atomic mass is 10.1. The first kappa shape index (κ1) is 18.0. The standard InChI is InChI=1S/C20H17N5O2S/c1-13-21-18(12-28-13)14-5-4-6-15(11-14)22-19(26)9-10-25-20(27)16-7-2-3-8-17(16)23-24-25/h2-8,11-12H,9-10H2,1H3,(H,22,26). The van der Waals surface area contributed by atoms with Crippen molar-refractivity contribution in [3.63, 3.8) is 0 Å². The van der Waals surface area contributed by atoms with Gasteiger partial charge in [-0.25, -0.2) is 9.67 Å². The maximum atomic E-state index is 12.4. The van der Waals surface area contributed by atoms with E-state index >= 15 is 0 Å². The molecule has 0 saturated heterocycles. The highest BCUT2D eigenvalue weighted by atomic mass is 32.1. The van der Waals surface area contributed by atoms with E-state index in [0.717, 1.165) is 16.3 Å². The van der Waals surface area contributed by atoms with Crippen molar-refractivity contribution in [1.82, 2.24) is 20.0 Å². The third-order valence-electron chi connectivity index (χ3n) is 4.24. The SMILES string of the molecule is Cc1nc(-c2cccc(NC(=O)CCn3nnc4ccccc4c3=O)c2)cs1. The number of aromatic nitrogens is 4. The van der Waals surface area contributed by atoms with Crippen LogP contribution in [0.4, 0.5) is 5.69 Å². The van der Waals surface area contributed by atoms with E-state index in [2.05, 4.69) is 20.6 Å². The second-order valence-corrected chi connectivity index (χ2v) is 7.33. The molecule has 0 aliphatic heterocycles. The van der Waals surface area contributed by atoms with Gasteiger partial charge in [0, 0.05) is 23.1 Å².